The maximum absolute atomic E-state index is 11.4. The molecule has 21 heavy (non-hydrogen) atoms. The number of aromatic amines is 1. The first-order valence-corrected chi connectivity index (χ1v) is 7.32. The highest BCUT2D eigenvalue weighted by molar-refractivity contribution is 6.32. The Hall–Kier alpha value is -1.72. The van der Waals surface area contributed by atoms with Gasteiger partial charge >= 0.3 is 6.03 Å². The molecule has 0 aliphatic heterocycles. The first kappa shape index (κ1) is 15.7. The third kappa shape index (κ3) is 3.89. The molecule has 1 aromatic carbocycles. The second-order valence-electron chi connectivity index (χ2n) is 5.24. The van der Waals surface area contributed by atoms with Crippen LogP contribution in [0.4, 0.5) is 4.79 Å². The number of aliphatic hydroxyl groups excluding tert-OH is 1. The van der Waals surface area contributed by atoms with Gasteiger partial charge in [-0.15, -0.1) is 0 Å². The van der Waals surface area contributed by atoms with E-state index in [1.807, 2.05) is 12.1 Å². The van der Waals surface area contributed by atoms with E-state index in [4.69, 9.17) is 16.7 Å². The van der Waals surface area contributed by atoms with Gasteiger partial charge in [-0.1, -0.05) is 25.4 Å². The molecule has 2 aromatic rings. The number of aromatic nitrogens is 1. The van der Waals surface area contributed by atoms with Crippen molar-refractivity contribution in [2.75, 3.05) is 13.2 Å². The predicted octanol–water partition coefficient (Wildman–Crippen LogP) is 2.74. The van der Waals surface area contributed by atoms with E-state index in [1.165, 1.54) is 0 Å². The van der Waals surface area contributed by atoms with Crippen LogP contribution in [0.25, 0.3) is 10.9 Å². The molecular formula is C15H20ClN3O2. The van der Waals surface area contributed by atoms with Crippen LogP contribution in [-0.2, 0) is 6.54 Å². The summed E-state index contributed by atoms with van der Waals surface area (Å²) in [4.78, 5) is 14.7. The van der Waals surface area contributed by atoms with E-state index in [2.05, 4.69) is 35.5 Å². The van der Waals surface area contributed by atoms with Crippen LogP contribution in [-0.4, -0.2) is 29.3 Å². The number of rotatable bonds is 5. The second-order valence-corrected chi connectivity index (χ2v) is 5.65. The summed E-state index contributed by atoms with van der Waals surface area (Å²) in [6.45, 7) is 4.76. The molecule has 0 unspecified atom stereocenters. The van der Waals surface area contributed by atoms with Crippen molar-refractivity contribution in [1.82, 2.24) is 15.6 Å². The molecule has 6 heteroatoms. The molecule has 0 aliphatic rings. The van der Waals surface area contributed by atoms with E-state index >= 15 is 0 Å². The Kier molecular flexibility index (Phi) is 5.09. The summed E-state index contributed by atoms with van der Waals surface area (Å²) in [7, 11) is 0. The molecule has 2 amide bonds. The fourth-order valence-corrected chi connectivity index (χ4v) is 2.57. The summed E-state index contributed by atoms with van der Waals surface area (Å²) in [5, 5.41) is 15.7. The van der Waals surface area contributed by atoms with E-state index in [0.717, 1.165) is 27.2 Å². The van der Waals surface area contributed by atoms with E-state index in [0.29, 0.717) is 12.5 Å². The van der Waals surface area contributed by atoms with Crippen molar-refractivity contribution in [3.63, 3.8) is 0 Å². The second kappa shape index (κ2) is 6.83. The third-order valence-electron chi connectivity index (χ3n) is 3.25. The van der Waals surface area contributed by atoms with Gasteiger partial charge in [0, 0.05) is 28.2 Å². The van der Waals surface area contributed by atoms with Crippen molar-refractivity contribution in [1.29, 1.82) is 0 Å². The Balaban J connectivity index is 2.10. The lowest BCUT2D eigenvalue weighted by Crippen LogP contribution is -2.36. The molecule has 0 bridgehead atoms. The van der Waals surface area contributed by atoms with E-state index in [9.17, 15) is 4.79 Å². The topological polar surface area (TPSA) is 77.2 Å². The summed E-state index contributed by atoms with van der Waals surface area (Å²) in [6.07, 6.45) is 0. The Labute approximate surface area is 128 Å². The molecule has 0 fully saturated rings. The van der Waals surface area contributed by atoms with Crippen LogP contribution < -0.4 is 10.6 Å². The average Bonchev–Trinajstić information content (AvgIpc) is 2.83. The van der Waals surface area contributed by atoms with Gasteiger partial charge in [-0.05, 0) is 29.7 Å². The lowest BCUT2D eigenvalue weighted by Gasteiger charge is -2.07. The summed E-state index contributed by atoms with van der Waals surface area (Å²) in [5.41, 5.74) is 3.02. The van der Waals surface area contributed by atoms with Crippen LogP contribution in [0.1, 0.15) is 31.0 Å². The molecule has 1 aromatic heterocycles. The first-order valence-electron chi connectivity index (χ1n) is 6.95. The van der Waals surface area contributed by atoms with E-state index in [1.54, 1.807) is 0 Å². The maximum atomic E-state index is 11.4. The van der Waals surface area contributed by atoms with Gasteiger partial charge in [0.25, 0.3) is 0 Å². The van der Waals surface area contributed by atoms with Gasteiger partial charge in [-0.2, -0.15) is 0 Å². The molecule has 0 radical (unpaired) electrons. The van der Waals surface area contributed by atoms with Crippen molar-refractivity contribution < 1.29 is 9.90 Å². The molecule has 5 nitrogen and oxygen atoms in total. The molecule has 2 rings (SSSR count). The molecule has 0 saturated heterocycles. The predicted molar refractivity (Wildman–Crippen MR) is 84.7 cm³/mol. The number of H-pyrrole nitrogens is 1. The lowest BCUT2D eigenvalue weighted by atomic mass is 10.0. The number of benzene rings is 1. The van der Waals surface area contributed by atoms with Gasteiger partial charge in [0.2, 0.25) is 0 Å². The molecule has 0 atom stereocenters. The number of nitrogens with one attached hydrogen (secondary N) is 3. The summed E-state index contributed by atoms with van der Waals surface area (Å²) >= 11 is 6.27. The molecule has 0 aliphatic carbocycles. The Morgan fingerprint density at radius 3 is 2.76 bits per heavy atom. The summed E-state index contributed by atoms with van der Waals surface area (Å²) in [6, 6.07) is 5.66. The average molecular weight is 310 g/mol. The number of fused-ring (bicyclic) bond motifs is 1. The number of carbonyl (C=O) groups is 1. The molecule has 4 N–H and O–H groups in total. The number of halogens is 1. The van der Waals surface area contributed by atoms with E-state index < -0.39 is 0 Å². The highest BCUT2D eigenvalue weighted by atomic mass is 35.5. The largest absolute Gasteiger partial charge is 0.395 e. The van der Waals surface area contributed by atoms with Gasteiger partial charge in [0.05, 0.1) is 13.2 Å². The fraction of sp³-hybridized carbons (Fsp3) is 0.400. The Bertz CT molecular complexity index is 637. The van der Waals surface area contributed by atoms with E-state index in [-0.39, 0.29) is 19.2 Å². The zero-order valence-electron chi connectivity index (χ0n) is 12.2. The van der Waals surface area contributed by atoms with Gasteiger partial charge in [0.1, 0.15) is 0 Å². The standard InChI is InChI=1S/C15H20ClN3O2/c1-9(2)12-7-14-10(6-13(12)16)5-11(19-14)8-18-15(21)17-3-4-20/h5-7,9,19-20H,3-4,8H2,1-2H3,(H2,17,18,21). The quantitative estimate of drug-likeness (QED) is 0.685. The normalized spacial score (nSPS) is 11.1. The highest BCUT2D eigenvalue weighted by Gasteiger charge is 2.09. The van der Waals surface area contributed by atoms with Crippen molar-refractivity contribution in [2.24, 2.45) is 0 Å². The maximum Gasteiger partial charge on any atom is 0.315 e. The van der Waals surface area contributed by atoms with Gasteiger partial charge < -0.3 is 20.7 Å². The van der Waals surface area contributed by atoms with Gasteiger partial charge in [-0.25, -0.2) is 4.79 Å². The number of hydrogen-bond acceptors (Lipinski definition) is 2. The van der Waals surface area contributed by atoms with Crippen molar-refractivity contribution in [3.05, 3.63) is 34.5 Å². The van der Waals surface area contributed by atoms with Crippen LogP contribution in [0.5, 0.6) is 0 Å². The van der Waals surface area contributed by atoms with Gasteiger partial charge in [0.15, 0.2) is 0 Å². The van der Waals surface area contributed by atoms with Crippen LogP contribution in [0.15, 0.2) is 18.2 Å². The number of hydrogen-bond donors (Lipinski definition) is 4. The van der Waals surface area contributed by atoms with Crippen LogP contribution in [0.3, 0.4) is 0 Å². The smallest absolute Gasteiger partial charge is 0.315 e. The van der Waals surface area contributed by atoms with Crippen LogP contribution in [0, 0.1) is 0 Å². The monoisotopic (exact) mass is 309 g/mol. The van der Waals surface area contributed by atoms with Crippen molar-refractivity contribution >= 4 is 28.5 Å². The minimum Gasteiger partial charge on any atom is -0.395 e. The van der Waals surface area contributed by atoms with Crippen molar-refractivity contribution in [2.45, 2.75) is 26.3 Å². The number of carbonyl (C=O) groups excluding carboxylic acids is 1. The van der Waals surface area contributed by atoms with Crippen LogP contribution in [0.2, 0.25) is 5.02 Å². The Morgan fingerprint density at radius 2 is 2.10 bits per heavy atom. The highest BCUT2D eigenvalue weighted by Crippen LogP contribution is 2.29. The summed E-state index contributed by atoms with van der Waals surface area (Å²) < 4.78 is 0. The SMILES string of the molecule is CC(C)c1cc2[nH]c(CNC(=O)NCCO)cc2cc1Cl. The molecular weight excluding hydrogens is 290 g/mol. The first-order chi connectivity index (χ1) is 10.0. The molecule has 1 heterocycles. The third-order valence-corrected chi connectivity index (χ3v) is 3.58. The minimum absolute atomic E-state index is 0.0731. The molecule has 0 saturated carbocycles. The van der Waals surface area contributed by atoms with Gasteiger partial charge in [-0.3, -0.25) is 0 Å². The zero-order chi connectivity index (χ0) is 15.4. The zero-order valence-corrected chi connectivity index (χ0v) is 12.9. The Morgan fingerprint density at radius 1 is 1.33 bits per heavy atom. The van der Waals surface area contributed by atoms with Crippen molar-refractivity contribution in [3.8, 4) is 0 Å². The fourth-order valence-electron chi connectivity index (χ4n) is 2.17. The number of urea groups is 1. The van der Waals surface area contributed by atoms with Crippen LogP contribution >= 0.6 is 11.6 Å². The number of amides is 2. The lowest BCUT2D eigenvalue weighted by molar-refractivity contribution is 0.234. The number of aliphatic hydroxyl groups is 1. The molecule has 0 spiro atoms. The minimum atomic E-state index is -0.302. The molecule has 114 valence electrons. The summed E-state index contributed by atoms with van der Waals surface area (Å²) in [5.74, 6) is 0.357.